The molecule has 1 aliphatic rings. The van der Waals surface area contributed by atoms with Crippen LogP contribution in [-0.2, 0) is 35.4 Å². The Morgan fingerprint density at radius 2 is 1.65 bits per heavy atom. The van der Waals surface area contributed by atoms with E-state index in [2.05, 4.69) is 46.5 Å². The van der Waals surface area contributed by atoms with Crippen molar-refractivity contribution in [3.8, 4) is 5.75 Å². The van der Waals surface area contributed by atoms with Crippen molar-refractivity contribution in [1.29, 1.82) is 0 Å². The molecule has 8 nitrogen and oxygen atoms in total. The highest BCUT2D eigenvalue weighted by Gasteiger charge is 2.38. The largest absolute Gasteiger partial charge is 0.497 e. The molecule has 1 atom stereocenters. The number of benzene rings is 2. The summed E-state index contributed by atoms with van der Waals surface area (Å²) in [5.74, 6) is 1.83. The van der Waals surface area contributed by atoms with E-state index in [0.717, 1.165) is 30.6 Å². The normalized spacial score (nSPS) is 15.3. The van der Waals surface area contributed by atoms with E-state index in [4.69, 9.17) is 9.72 Å². The smallest absolute Gasteiger partial charge is 0.233 e. The molecule has 3 aromatic rings. The van der Waals surface area contributed by atoms with Crippen LogP contribution in [0.25, 0.3) is 0 Å². The molecule has 1 N–H and O–H groups in total. The molecule has 1 aromatic heterocycles. The second kappa shape index (κ2) is 12.4. The maximum atomic E-state index is 12.9. The molecule has 1 saturated heterocycles. The molecule has 1 unspecified atom stereocenters. The first-order valence-corrected chi connectivity index (χ1v) is 13.0. The summed E-state index contributed by atoms with van der Waals surface area (Å²) in [7, 11) is 1.64. The van der Waals surface area contributed by atoms with Crippen LogP contribution >= 0.6 is 0 Å². The Balaban J connectivity index is 1.50. The minimum atomic E-state index is -0.425. The predicted molar refractivity (Wildman–Crippen MR) is 142 cm³/mol. The van der Waals surface area contributed by atoms with E-state index in [-0.39, 0.29) is 18.2 Å². The number of amides is 2. The van der Waals surface area contributed by atoms with Gasteiger partial charge in [0.1, 0.15) is 17.4 Å². The number of ether oxygens (including phenoxy) is 1. The average Bonchev–Trinajstić information content (AvgIpc) is 3.17. The highest BCUT2D eigenvalue weighted by atomic mass is 16.5. The third-order valence-corrected chi connectivity index (χ3v) is 6.60. The second-order valence-corrected chi connectivity index (χ2v) is 9.52. The number of hydrogen-bond acceptors (Lipinski definition) is 7. The van der Waals surface area contributed by atoms with Gasteiger partial charge in [0.25, 0.3) is 0 Å². The molecule has 2 aromatic carbocycles. The number of carbonyl (C=O) groups excluding carboxylic acids is 2. The molecule has 1 fully saturated rings. The van der Waals surface area contributed by atoms with Gasteiger partial charge in [0.15, 0.2) is 0 Å². The van der Waals surface area contributed by atoms with E-state index >= 15 is 0 Å². The summed E-state index contributed by atoms with van der Waals surface area (Å²) in [6, 6.07) is 16.2. The van der Waals surface area contributed by atoms with Crippen molar-refractivity contribution in [3.63, 3.8) is 0 Å². The number of methoxy groups -OCH3 is 1. The number of imide groups is 1. The van der Waals surface area contributed by atoms with E-state index < -0.39 is 5.92 Å². The van der Waals surface area contributed by atoms with Crippen molar-refractivity contribution < 1.29 is 14.3 Å². The highest BCUT2D eigenvalue weighted by molar-refractivity contribution is 6.03. The van der Waals surface area contributed by atoms with Crippen molar-refractivity contribution in [2.75, 3.05) is 19.0 Å². The summed E-state index contributed by atoms with van der Waals surface area (Å²) >= 11 is 0. The minimum Gasteiger partial charge on any atom is -0.497 e. The molecule has 8 heteroatoms. The van der Waals surface area contributed by atoms with Crippen molar-refractivity contribution >= 4 is 17.8 Å². The lowest BCUT2D eigenvalue weighted by Gasteiger charge is -2.14. The Bertz CT molecular complexity index is 1210. The highest BCUT2D eigenvalue weighted by Crippen LogP contribution is 2.23. The zero-order valence-electron chi connectivity index (χ0n) is 21.9. The molecule has 1 aliphatic heterocycles. The van der Waals surface area contributed by atoms with E-state index in [1.165, 1.54) is 16.0 Å². The maximum absolute atomic E-state index is 12.9. The summed E-state index contributed by atoms with van der Waals surface area (Å²) in [4.78, 5) is 40.7. The van der Waals surface area contributed by atoms with Gasteiger partial charge in [-0.25, -0.2) is 4.98 Å². The minimum absolute atomic E-state index is 0.102. The number of unbranched alkanes of at least 4 members (excludes halogenated alkanes) is 1. The van der Waals surface area contributed by atoms with Gasteiger partial charge in [-0.2, -0.15) is 9.97 Å². The van der Waals surface area contributed by atoms with Gasteiger partial charge >= 0.3 is 0 Å². The zero-order chi connectivity index (χ0) is 26.2. The molecule has 4 rings (SSSR count). The Morgan fingerprint density at radius 1 is 0.946 bits per heavy atom. The molecule has 0 saturated carbocycles. The van der Waals surface area contributed by atoms with E-state index in [1.807, 2.05) is 31.2 Å². The number of likely N-dealkylation sites (tertiary alicyclic amines) is 1. The SMILES string of the molecule is CCCCN1C(=O)CC(Cc2nc(CCc3ccc(C)cc3)nc(NCc3ccc(OC)cc3)n2)C1=O. The Hall–Kier alpha value is -3.81. The van der Waals surface area contributed by atoms with E-state index in [1.54, 1.807) is 7.11 Å². The van der Waals surface area contributed by atoms with Crippen LogP contribution in [0.4, 0.5) is 5.95 Å². The topological polar surface area (TPSA) is 97.3 Å². The zero-order valence-corrected chi connectivity index (χ0v) is 21.9. The first kappa shape index (κ1) is 26.3. The standard InChI is InChI=1S/C29H35N5O3/c1-4-5-16-34-27(35)18-23(28(34)36)17-26-31-25(15-12-21-8-6-20(2)7-9-21)32-29(33-26)30-19-22-10-13-24(37-3)14-11-22/h6-11,13-14,23H,4-5,12,15-19H2,1-3H3,(H,30,31,32,33). The predicted octanol–water partition coefficient (Wildman–Crippen LogP) is 4.30. The fourth-order valence-electron chi connectivity index (χ4n) is 4.37. The number of rotatable bonds is 12. The van der Waals surface area contributed by atoms with Crippen molar-refractivity contribution in [2.24, 2.45) is 5.92 Å². The quantitative estimate of drug-likeness (QED) is 0.370. The third kappa shape index (κ3) is 7.12. The van der Waals surface area contributed by atoms with Crippen LogP contribution < -0.4 is 10.1 Å². The van der Waals surface area contributed by atoms with Gasteiger partial charge in [0.2, 0.25) is 17.8 Å². The van der Waals surface area contributed by atoms with Gasteiger partial charge in [-0.3, -0.25) is 14.5 Å². The maximum Gasteiger partial charge on any atom is 0.233 e. The first-order valence-electron chi connectivity index (χ1n) is 13.0. The van der Waals surface area contributed by atoms with E-state index in [0.29, 0.717) is 43.5 Å². The van der Waals surface area contributed by atoms with Crippen molar-refractivity contribution in [3.05, 3.63) is 76.9 Å². The molecule has 2 amide bonds. The fourth-order valence-corrected chi connectivity index (χ4v) is 4.37. The van der Waals surface area contributed by atoms with Gasteiger partial charge in [0.05, 0.1) is 13.0 Å². The van der Waals surface area contributed by atoms with Crippen LogP contribution in [0.3, 0.4) is 0 Å². The number of nitrogens with zero attached hydrogens (tertiary/aromatic N) is 4. The van der Waals surface area contributed by atoms with Crippen LogP contribution in [0, 0.1) is 12.8 Å². The van der Waals surface area contributed by atoms with Gasteiger partial charge in [-0.1, -0.05) is 55.3 Å². The number of nitrogens with one attached hydrogen (secondary N) is 1. The number of carbonyl (C=O) groups is 2. The lowest BCUT2D eigenvalue weighted by Crippen LogP contribution is -2.32. The average molecular weight is 502 g/mol. The van der Waals surface area contributed by atoms with Gasteiger partial charge in [-0.05, 0) is 43.0 Å². The Morgan fingerprint density at radius 3 is 2.35 bits per heavy atom. The molecule has 0 radical (unpaired) electrons. The van der Waals surface area contributed by atoms with Crippen LogP contribution in [-0.4, -0.2) is 45.3 Å². The van der Waals surface area contributed by atoms with Gasteiger partial charge in [-0.15, -0.1) is 0 Å². The number of hydrogen-bond donors (Lipinski definition) is 1. The molecule has 0 spiro atoms. The summed E-state index contributed by atoms with van der Waals surface area (Å²) in [5, 5.41) is 3.30. The molecule has 2 heterocycles. The number of aromatic nitrogens is 3. The first-order chi connectivity index (χ1) is 17.9. The number of aryl methyl sites for hydroxylation is 3. The monoisotopic (exact) mass is 501 g/mol. The molecule has 37 heavy (non-hydrogen) atoms. The van der Waals surface area contributed by atoms with Gasteiger partial charge in [0, 0.05) is 32.4 Å². The fraction of sp³-hybridized carbons (Fsp3) is 0.414. The molecule has 0 bridgehead atoms. The van der Waals surface area contributed by atoms with Crippen molar-refractivity contribution in [2.45, 2.75) is 58.9 Å². The molecule has 194 valence electrons. The summed E-state index contributed by atoms with van der Waals surface area (Å²) in [6.07, 6.45) is 3.73. The summed E-state index contributed by atoms with van der Waals surface area (Å²) in [5.41, 5.74) is 3.50. The van der Waals surface area contributed by atoms with E-state index in [9.17, 15) is 9.59 Å². The Kier molecular flexibility index (Phi) is 8.82. The molecule has 0 aliphatic carbocycles. The molecular formula is C29H35N5O3. The van der Waals surface area contributed by atoms with Crippen LogP contribution in [0.15, 0.2) is 48.5 Å². The van der Waals surface area contributed by atoms with Crippen molar-refractivity contribution in [1.82, 2.24) is 19.9 Å². The number of anilines is 1. The second-order valence-electron chi connectivity index (χ2n) is 9.52. The third-order valence-electron chi connectivity index (χ3n) is 6.60. The lowest BCUT2D eigenvalue weighted by atomic mass is 10.0. The summed E-state index contributed by atoms with van der Waals surface area (Å²) < 4.78 is 5.23. The lowest BCUT2D eigenvalue weighted by molar-refractivity contribution is -0.139. The van der Waals surface area contributed by atoms with Gasteiger partial charge < -0.3 is 10.1 Å². The van der Waals surface area contributed by atoms with Crippen LogP contribution in [0.2, 0.25) is 0 Å². The molecular weight excluding hydrogens is 466 g/mol. The Labute approximate surface area is 218 Å². The summed E-state index contributed by atoms with van der Waals surface area (Å²) in [6.45, 7) is 5.14. The van der Waals surface area contributed by atoms with Crippen LogP contribution in [0.5, 0.6) is 5.75 Å². The van der Waals surface area contributed by atoms with Crippen LogP contribution in [0.1, 0.15) is 54.5 Å².